The van der Waals surface area contributed by atoms with Crippen molar-refractivity contribution in [1.82, 2.24) is 4.98 Å². The Kier molecular flexibility index (Phi) is 4.32. The first-order chi connectivity index (χ1) is 14.0. The summed E-state index contributed by atoms with van der Waals surface area (Å²) in [5.74, 6) is 0.339. The van der Waals surface area contributed by atoms with Crippen molar-refractivity contribution in [2.75, 3.05) is 7.05 Å². The molecule has 1 aliphatic heterocycles. The minimum atomic E-state index is -1.49. The van der Waals surface area contributed by atoms with E-state index in [4.69, 9.17) is 16.3 Å². The number of ether oxygens (including phenoxy) is 1. The average molecular weight is 470 g/mol. The van der Waals surface area contributed by atoms with Crippen molar-refractivity contribution in [3.05, 3.63) is 93.2 Å². The van der Waals surface area contributed by atoms with Crippen molar-refractivity contribution in [2.24, 2.45) is 4.99 Å². The normalized spacial score (nSPS) is 28.8. The Bertz CT molecular complexity index is 1120. The fourth-order valence-corrected chi connectivity index (χ4v) is 5.22. The Morgan fingerprint density at radius 1 is 1.17 bits per heavy atom. The zero-order chi connectivity index (χ0) is 20.2. The first-order valence-corrected chi connectivity index (χ1v) is 10.5. The second-order valence-electron chi connectivity index (χ2n) is 7.39. The van der Waals surface area contributed by atoms with Gasteiger partial charge in [-0.2, -0.15) is 0 Å². The summed E-state index contributed by atoms with van der Waals surface area (Å²) >= 11 is 9.70. The van der Waals surface area contributed by atoms with Crippen LogP contribution in [0.3, 0.4) is 0 Å². The van der Waals surface area contributed by atoms with Crippen molar-refractivity contribution in [1.29, 1.82) is 0 Å². The second-order valence-corrected chi connectivity index (χ2v) is 8.75. The lowest BCUT2D eigenvalue weighted by Crippen LogP contribution is -2.51. The monoisotopic (exact) mass is 468 g/mol. The highest BCUT2D eigenvalue weighted by Crippen LogP contribution is 2.65. The van der Waals surface area contributed by atoms with E-state index in [1.165, 1.54) is 0 Å². The van der Waals surface area contributed by atoms with Crippen LogP contribution in [0, 0.1) is 0 Å². The SMILES string of the molecule is CN=C1CC(c2ccccc2)C2(c3ccc(Br)cc3)Oc3cc(Cl)cnc3C12O. The summed E-state index contributed by atoms with van der Waals surface area (Å²) in [6.45, 7) is 0. The quantitative estimate of drug-likeness (QED) is 0.559. The lowest BCUT2D eigenvalue weighted by Gasteiger charge is -2.39. The van der Waals surface area contributed by atoms with Crippen LogP contribution in [0.2, 0.25) is 5.02 Å². The fraction of sp³-hybridized carbons (Fsp3) is 0.217. The largest absolute Gasteiger partial charge is 0.476 e. The standard InChI is InChI=1S/C23H18BrClN2O2/c1-26-20-12-18(14-5-3-2-4-6-14)23(15-7-9-16(24)10-8-15)22(20,28)21-19(29-23)11-17(25)13-27-21/h2-11,13,18,28H,12H2,1H3. The predicted molar refractivity (Wildman–Crippen MR) is 117 cm³/mol. The van der Waals surface area contributed by atoms with Crippen molar-refractivity contribution in [2.45, 2.75) is 23.5 Å². The van der Waals surface area contributed by atoms with Gasteiger partial charge in [0.2, 0.25) is 0 Å². The van der Waals surface area contributed by atoms with Gasteiger partial charge in [0.25, 0.3) is 0 Å². The molecule has 4 nitrogen and oxygen atoms in total. The number of fused-ring (bicyclic) bond motifs is 3. The van der Waals surface area contributed by atoms with E-state index in [1.54, 1.807) is 19.3 Å². The van der Waals surface area contributed by atoms with E-state index in [-0.39, 0.29) is 5.92 Å². The number of halogens is 2. The van der Waals surface area contributed by atoms with E-state index in [0.29, 0.717) is 28.6 Å². The van der Waals surface area contributed by atoms with Crippen LogP contribution in [0.25, 0.3) is 0 Å². The van der Waals surface area contributed by atoms with Crippen molar-refractivity contribution in [3.63, 3.8) is 0 Å². The first kappa shape index (κ1) is 18.8. The Labute approximate surface area is 182 Å². The number of pyridine rings is 1. The number of rotatable bonds is 2. The van der Waals surface area contributed by atoms with E-state index in [0.717, 1.165) is 15.6 Å². The Morgan fingerprint density at radius 3 is 2.59 bits per heavy atom. The maximum atomic E-state index is 12.3. The van der Waals surface area contributed by atoms with Gasteiger partial charge in [0, 0.05) is 29.7 Å². The Morgan fingerprint density at radius 2 is 1.90 bits per heavy atom. The fourth-order valence-electron chi connectivity index (χ4n) is 4.81. The molecule has 1 aromatic heterocycles. The van der Waals surface area contributed by atoms with Gasteiger partial charge in [-0.3, -0.25) is 9.98 Å². The van der Waals surface area contributed by atoms with Crippen LogP contribution >= 0.6 is 27.5 Å². The van der Waals surface area contributed by atoms with Crippen LogP contribution in [0.15, 0.2) is 76.3 Å². The summed E-state index contributed by atoms with van der Waals surface area (Å²) in [5, 5.41) is 12.7. The van der Waals surface area contributed by atoms with E-state index < -0.39 is 11.2 Å². The van der Waals surface area contributed by atoms with Crippen molar-refractivity contribution in [3.8, 4) is 5.75 Å². The van der Waals surface area contributed by atoms with Gasteiger partial charge in [-0.05, 0) is 29.7 Å². The van der Waals surface area contributed by atoms with Gasteiger partial charge < -0.3 is 9.84 Å². The lowest BCUT2D eigenvalue weighted by atomic mass is 9.72. The summed E-state index contributed by atoms with van der Waals surface area (Å²) < 4.78 is 7.59. The molecule has 3 aromatic rings. The number of benzene rings is 2. The highest BCUT2D eigenvalue weighted by atomic mass is 79.9. The lowest BCUT2D eigenvalue weighted by molar-refractivity contribution is -0.0753. The maximum Gasteiger partial charge on any atom is 0.192 e. The predicted octanol–water partition coefficient (Wildman–Crippen LogP) is 5.23. The first-order valence-electron chi connectivity index (χ1n) is 9.35. The van der Waals surface area contributed by atoms with Gasteiger partial charge in [0.05, 0.1) is 10.7 Å². The van der Waals surface area contributed by atoms with Gasteiger partial charge >= 0.3 is 0 Å². The van der Waals surface area contributed by atoms with Gasteiger partial charge in [-0.25, -0.2) is 0 Å². The van der Waals surface area contributed by atoms with E-state index in [9.17, 15) is 5.11 Å². The molecular formula is C23H18BrClN2O2. The van der Waals surface area contributed by atoms with Crippen LogP contribution in [-0.2, 0) is 11.2 Å². The summed E-state index contributed by atoms with van der Waals surface area (Å²) in [7, 11) is 1.71. The molecular weight excluding hydrogens is 452 g/mol. The second kappa shape index (κ2) is 6.66. The summed E-state index contributed by atoms with van der Waals surface area (Å²) in [4.78, 5) is 8.98. The number of nitrogens with zero attached hydrogens (tertiary/aromatic N) is 2. The molecule has 6 heteroatoms. The highest BCUT2D eigenvalue weighted by Gasteiger charge is 2.72. The van der Waals surface area contributed by atoms with Gasteiger partial charge in [-0.1, -0.05) is 70.0 Å². The van der Waals surface area contributed by atoms with Gasteiger partial charge in [0.1, 0.15) is 11.4 Å². The zero-order valence-corrected chi connectivity index (χ0v) is 18.0. The minimum absolute atomic E-state index is 0.151. The molecule has 2 aromatic carbocycles. The van der Waals surface area contributed by atoms with Crippen molar-refractivity contribution < 1.29 is 9.84 Å². The van der Waals surface area contributed by atoms with Gasteiger partial charge in [0.15, 0.2) is 11.2 Å². The molecule has 2 heterocycles. The van der Waals surface area contributed by atoms with Crippen LogP contribution < -0.4 is 4.74 Å². The Balaban J connectivity index is 1.84. The summed E-state index contributed by atoms with van der Waals surface area (Å²) in [6, 6.07) is 19.7. The van der Waals surface area contributed by atoms with E-state index in [1.807, 2.05) is 42.5 Å². The number of aromatic nitrogens is 1. The molecule has 2 aliphatic rings. The third-order valence-corrected chi connectivity index (χ3v) is 6.76. The molecule has 1 fully saturated rings. The van der Waals surface area contributed by atoms with E-state index >= 15 is 0 Å². The number of aliphatic imine (C=N–C) groups is 1. The number of hydrogen-bond acceptors (Lipinski definition) is 4. The summed E-state index contributed by atoms with van der Waals surface area (Å²) in [6.07, 6.45) is 2.11. The van der Waals surface area contributed by atoms with Crippen LogP contribution in [0.4, 0.5) is 0 Å². The highest BCUT2D eigenvalue weighted by molar-refractivity contribution is 9.10. The molecule has 3 unspecified atom stereocenters. The maximum absolute atomic E-state index is 12.3. The molecule has 1 saturated carbocycles. The molecule has 29 heavy (non-hydrogen) atoms. The smallest absolute Gasteiger partial charge is 0.192 e. The molecule has 3 atom stereocenters. The molecule has 1 N–H and O–H groups in total. The third kappa shape index (κ3) is 2.48. The van der Waals surface area contributed by atoms with Gasteiger partial charge in [-0.15, -0.1) is 0 Å². The topological polar surface area (TPSA) is 54.7 Å². The third-order valence-electron chi connectivity index (χ3n) is 6.02. The number of aliphatic hydroxyl groups is 1. The van der Waals surface area contributed by atoms with Crippen LogP contribution in [0.1, 0.15) is 29.2 Å². The zero-order valence-electron chi connectivity index (χ0n) is 15.6. The van der Waals surface area contributed by atoms with Crippen LogP contribution in [0.5, 0.6) is 5.75 Å². The molecule has 5 rings (SSSR count). The molecule has 0 amide bonds. The number of hydrogen-bond donors (Lipinski definition) is 1. The molecule has 0 radical (unpaired) electrons. The molecule has 0 saturated heterocycles. The van der Waals surface area contributed by atoms with E-state index in [2.05, 4.69) is 38.0 Å². The molecule has 0 spiro atoms. The molecule has 0 bridgehead atoms. The minimum Gasteiger partial charge on any atom is -0.476 e. The Hall–Kier alpha value is -2.21. The van der Waals surface area contributed by atoms with Crippen LogP contribution in [-0.4, -0.2) is 22.8 Å². The molecule has 1 aliphatic carbocycles. The molecule has 146 valence electrons. The summed E-state index contributed by atoms with van der Waals surface area (Å²) in [5.41, 5.74) is 0.475. The average Bonchev–Trinajstić information content (AvgIpc) is 3.13. The van der Waals surface area contributed by atoms with Crippen molar-refractivity contribution >= 4 is 33.2 Å².